The highest BCUT2D eigenvalue weighted by Crippen LogP contribution is 2.31. The van der Waals surface area contributed by atoms with Crippen molar-refractivity contribution in [3.8, 4) is 11.3 Å². The highest BCUT2D eigenvalue weighted by Gasteiger charge is 2.27. The molecule has 5 rings (SSSR count). The van der Waals surface area contributed by atoms with Gasteiger partial charge in [0.15, 0.2) is 12.4 Å². The molecule has 1 N–H and O–H groups in total. The van der Waals surface area contributed by atoms with Gasteiger partial charge in [0.1, 0.15) is 5.69 Å². The standard InChI is InChI=1S/C24H27N5O/c30-22(18-27-12-6-7-13-27)28-14-16-29(17-15-28)24-21-11-5-4-10-20(21)23(25-26-24)19-8-2-1-3-9-19/h1-5,8-11H,6-7,12-18H2/p+1. The number of hydrogen-bond donors (Lipinski definition) is 1. The number of nitrogens with zero attached hydrogens (tertiary/aromatic N) is 4. The zero-order chi connectivity index (χ0) is 20.3. The molecule has 0 unspecified atom stereocenters. The number of aromatic nitrogens is 2. The zero-order valence-corrected chi connectivity index (χ0v) is 17.3. The largest absolute Gasteiger partial charge is 0.351 e. The first-order valence-electron chi connectivity index (χ1n) is 11.0. The number of nitrogens with one attached hydrogen (secondary N) is 1. The third kappa shape index (κ3) is 3.75. The molecule has 1 amide bonds. The van der Waals surface area contributed by atoms with E-state index in [1.807, 2.05) is 23.1 Å². The van der Waals surface area contributed by atoms with Gasteiger partial charge in [-0.05, 0) is 0 Å². The van der Waals surface area contributed by atoms with Gasteiger partial charge in [0, 0.05) is 55.4 Å². The molecular weight excluding hydrogens is 374 g/mol. The number of likely N-dealkylation sites (tertiary alicyclic amines) is 1. The van der Waals surface area contributed by atoms with Gasteiger partial charge in [0.2, 0.25) is 0 Å². The fourth-order valence-corrected chi connectivity index (χ4v) is 4.68. The number of anilines is 1. The van der Waals surface area contributed by atoms with Crippen LogP contribution in [0.25, 0.3) is 22.0 Å². The maximum Gasteiger partial charge on any atom is 0.277 e. The van der Waals surface area contributed by atoms with Crippen LogP contribution in [0.15, 0.2) is 54.6 Å². The van der Waals surface area contributed by atoms with Crippen LogP contribution in [0.1, 0.15) is 12.8 Å². The van der Waals surface area contributed by atoms with Crippen LogP contribution < -0.4 is 9.80 Å². The number of piperazine rings is 1. The predicted molar refractivity (Wildman–Crippen MR) is 119 cm³/mol. The first-order valence-corrected chi connectivity index (χ1v) is 11.0. The lowest BCUT2D eigenvalue weighted by Gasteiger charge is -2.35. The Morgan fingerprint density at radius 1 is 0.833 bits per heavy atom. The van der Waals surface area contributed by atoms with Crippen LogP contribution in [0.4, 0.5) is 5.82 Å². The second kappa shape index (κ2) is 8.40. The van der Waals surface area contributed by atoms with Crippen LogP contribution in [0.2, 0.25) is 0 Å². The highest BCUT2D eigenvalue weighted by atomic mass is 16.2. The first-order chi connectivity index (χ1) is 14.8. The normalized spacial score (nSPS) is 17.6. The number of hydrogen-bond acceptors (Lipinski definition) is 4. The maximum absolute atomic E-state index is 12.7. The number of carbonyl (C=O) groups excluding carboxylic acids is 1. The van der Waals surface area contributed by atoms with Crippen molar-refractivity contribution >= 4 is 22.5 Å². The molecule has 2 aromatic carbocycles. The lowest BCUT2D eigenvalue weighted by Crippen LogP contribution is -3.11. The van der Waals surface area contributed by atoms with E-state index in [0.29, 0.717) is 12.5 Å². The monoisotopic (exact) mass is 402 g/mol. The van der Waals surface area contributed by atoms with Gasteiger partial charge >= 0.3 is 0 Å². The summed E-state index contributed by atoms with van der Waals surface area (Å²) in [4.78, 5) is 18.4. The van der Waals surface area contributed by atoms with E-state index in [1.54, 1.807) is 0 Å². The van der Waals surface area contributed by atoms with Crippen molar-refractivity contribution in [2.75, 3.05) is 50.7 Å². The molecule has 2 aliphatic heterocycles. The Morgan fingerprint density at radius 3 is 2.23 bits per heavy atom. The van der Waals surface area contributed by atoms with E-state index in [2.05, 4.69) is 51.5 Å². The second-order valence-corrected chi connectivity index (χ2v) is 8.29. The molecule has 2 saturated heterocycles. The fraction of sp³-hybridized carbons (Fsp3) is 0.375. The van der Waals surface area contributed by atoms with Gasteiger partial charge in [-0.3, -0.25) is 4.79 Å². The van der Waals surface area contributed by atoms with Gasteiger partial charge in [-0.1, -0.05) is 54.6 Å². The van der Waals surface area contributed by atoms with E-state index in [0.717, 1.165) is 67.1 Å². The summed E-state index contributed by atoms with van der Waals surface area (Å²) in [5, 5.41) is 11.5. The van der Waals surface area contributed by atoms with Crippen LogP contribution in [0.5, 0.6) is 0 Å². The molecule has 6 heteroatoms. The summed E-state index contributed by atoms with van der Waals surface area (Å²) in [7, 11) is 0. The Labute approximate surface area is 177 Å². The van der Waals surface area contributed by atoms with Crippen molar-refractivity contribution in [1.82, 2.24) is 15.1 Å². The van der Waals surface area contributed by atoms with Crippen molar-refractivity contribution in [2.45, 2.75) is 12.8 Å². The number of carbonyl (C=O) groups is 1. The molecule has 2 fully saturated rings. The Hall–Kier alpha value is -2.99. The van der Waals surface area contributed by atoms with Gasteiger partial charge in [-0.2, -0.15) is 0 Å². The summed E-state index contributed by atoms with van der Waals surface area (Å²) < 4.78 is 0. The van der Waals surface area contributed by atoms with Gasteiger partial charge in [-0.25, -0.2) is 0 Å². The summed E-state index contributed by atoms with van der Waals surface area (Å²) in [6, 6.07) is 18.6. The molecule has 0 atom stereocenters. The molecule has 0 spiro atoms. The van der Waals surface area contributed by atoms with Crippen molar-refractivity contribution in [2.24, 2.45) is 0 Å². The molecule has 154 valence electrons. The van der Waals surface area contributed by atoms with E-state index in [1.165, 1.54) is 17.7 Å². The van der Waals surface area contributed by atoms with Crippen molar-refractivity contribution < 1.29 is 9.69 Å². The summed E-state index contributed by atoms with van der Waals surface area (Å²) in [6.07, 6.45) is 2.50. The minimum absolute atomic E-state index is 0.293. The van der Waals surface area contributed by atoms with Crippen LogP contribution in [-0.2, 0) is 4.79 Å². The molecule has 3 aromatic rings. The second-order valence-electron chi connectivity index (χ2n) is 8.29. The van der Waals surface area contributed by atoms with Gasteiger partial charge in [-0.15, -0.1) is 10.2 Å². The van der Waals surface area contributed by atoms with E-state index >= 15 is 0 Å². The van der Waals surface area contributed by atoms with E-state index in [4.69, 9.17) is 0 Å². The van der Waals surface area contributed by atoms with E-state index in [-0.39, 0.29) is 0 Å². The van der Waals surface area contributed by atoms with Crippen LogP contribution in [0.3, 0.4) is 0 Å². The first kappa shape index (κ1) is 19.0. The predicted octanol–water partition coefficient (Wildman–Crippen LogP) is 1.62. The lowest BCUT2D eigenvalue weighted by molar-refractivity contribution is -0.879. The van der Waals surface area contributed by atoms with E-state index in [9.17, 15) is 4.79 Å². The van der Waals surface area contributed by atoms with Crippen molar-refractivity contribution in [1.29, 1.82) is 0 Å². The highest BCUT2D eigenvalue weighted by molar-refractivity contribution is 6.00. The fourth-order valence-electron chi connectivity index (χ4n) is 4.68. The molecular formula is C24H28N5O+. The minimum atomic E-state index is 0.293. The molecule has 0 radical (unpaired) electrons. The average molecular weight is 403 g/mol. The maximum atomic E-state index is 12.7. The van der Waals surface area contributed by atoms with Crippen LogP contribution in [-0.4, -0.2) is 66.8 Å². The number of benzene rings is 2. The third-order valence-electron chi connectivity index (χ3n) is 6.36. The minimum Gasteiger partial charge on any atom is -0.351 e. The lowest BCUT2D eigenvalue weighted by atomic mass is 10.0. The number of rotatable bonds is 4. The Morgan fingerprint density at radius 2 is 1.50 bits per heavy atom. The number of amides is 1. The van der Waals surface area contributed by atoms with Crippen molar-refractivity contribution in [3.63, 3.8) is 0 Å². The summed E-state index contributed by atoms with van der Waals surface area (Å²) in [5.74, 6) is 1.21. The average Bonchev–Trinajstić information content (AvgIpc) is 3.32. The molecule has 3 heterocycles. The Bertz CT molecular complexity index is 1020. The quantitative estimate of drug-likeness (QED) is 0.721. The molecule has 30 heavy (non-hydrogen) atoms. The summed E-state index contributed by atoms with van der Waals surface area (Å²) in [5.41, 5.74) is 1.99. The molecule has 6 nitrogen and oxygen atoms in total. The Kier molecular flexibility index (Phi) is 5.32. The molecule has 0 aliphatic carbocycles. The number of quaternary nitrogens is 1. The summed E-state index contributed by atoms with van der Waals surface area (Å²) >= 11 is 0. The van der Waals surface area contributed by atoms with Gasteiger partial charge in [0.25, 0.3) is 5.91 Å². The molecule has 1 aromatic heterocycles. The van der Waals surface area contributed by atoms with Gasteiger partial charge in [0.05, 0.1) is 13.1 Å². The smallest absolute Gasteiger partial charge is 0.277 e. The van der Waals surface area contributed by atoms with E-state index < -0.39 is 0 Å². The Balaban J connectivity index is 1.34. The van der Waals surface area contributed by atoms with Crippen molar-refractivity contribution in [3.05, 3.63) is 54.6 Å². The zero-order valence-electron chi connectivity index (χ0n) is 17.3. The third-order valence-corrected chi connectivity index (χ3v) is 6.36. The molecule has 0 bridgehead atoms. The van der Waals surface area contributed by atoms with Gasteiger partial charge < -0.3 is 14.7 Å². The summed E-state index contributed by atoms with van der Waals surface area (Å²) in [6.45, 7) is 6.02. The SMILES string of the molecule is O=C(C[NH+]1CCCC1)N1CCN(c2nnc(-c3ccccc3)c3ccccc23)CC1. The molecule has 2 aliphatic rings. The van der Waals surface area contributed by atoms with Crippen LogP contribution in [0, 0.1) is 0 Å². The topological polar surface area (TPSA) is 53.8 Å². The van der Waals surface area contributed by atoms with Crippen LogP contribution >= 0.6 is 0 Å². The number of fused-ring (bicyclic) bond motifs is 1. The molecule has 0 saturated carbocycles.